The molecule has 0 saturated carbocycles. The van der Waals surface area contributed by atoms with Gasteiger partial charge in [0, 0.05) is 47.3 Å². The molecule has 8 heteroatoms. The Morgan fingerprint density at radius 3 is 2.29 bits per heavy atom. The Balaban J connectivity index is 1.38. The molecule has 2 amide bonds. The summed E-state index contributed by atoms with van der Waals surface area (Å²) < 4.78 is 1.73. The number of piperidine rings is 1. The Bertz CT molecular complexity index is 1200. The molecule has 3 aromatic rings. The Kier molecular flexibility index (Phi) is 6.77. The molecule has 1 fully saturated rings. The summed E-state index contributed by atoms with van der Waals surface area (Å²) in [5, 5.41) is 7.74. The number of hydrogen-bond acceptors (Lipinski definition) is 5. The predicted octanol–water partition coefficient (Wildman–Crippen LogP) is 3.17. The monoisotopic (exact) mass is 460 g/mol. The van der Waals surface area contributed by atoms with Gasteiger partial charge in [-0.1, -0.05) is 18.2 Å². The van der Waals surface area contributed by atoms with E-state index in [2.05, 4.69) is 20.4 Å². The second-order valence-electron chi connectivity index (χ2n) is 9.13. The Morgan fingerprint density at radius 2 is 1.65 bits per heavy atom. The fourth-order valence-corrected chi connectivity index (χ4v) is 4.55. The minimum Gasteiger partial charge on any atom is -0.349 e. The van der Waals surface area contributed by atoms with Gasteiger partial charge >= 0.3 is 0 Å². The van der Waals surface area contributed by atoms with Gasteiger partial charge in [0.15, 0.2) is 0 Å². The van der Waals surface area contributed by atoms with Gasteiger partial charge in [-0.15, -0.1) is 0 Å². The van der Waals surface area contributed by atoms with Gasteiger partial charge in [0.05, 0.1) is 12.1 Å². The lowest BCUT2D eigenvalue weighted by atomic mass is 10.0. The summed E-state index contributed by atoms with van der Waals surface area (Å²) in [6.45, 7) is 10.9. The number of rotatable bonds is 5. The summed E-state index contributed by atoms with van der Waals surface area (Å²) in [6.07, 6.45) is 1.79. The number of carbonyl (C=O) groups is 2. The fourth-order valence-electron chi connectivity index (χ4n) is 4.55. The van der Waals surface area contributed by atoms with Crippen molar-refractivity contribution >= 4 is 11.8 Å². The third-order valence-corrected chi connectivity index (χ3v) is 6.50. The molecule has 0 atom stereocenters. The minimum atomic E-state index is -0.0462. The topological polar surface area (TPSA) is 93.0 Å². The van der Waals surface area contributed by atoms with Crippen LogP contribution in [0.1, 0.15) is 57.1 Å². The smallest absolute Gasteiger partial charge is 0.251 e. The summed E-state index contributed by atoms with van der Waals surface area (Å²) in [7, 11) is 0. The van der Waals surface area contributed by atoms with E-state index >= 15 is 0 Å². The summed E-state index contributed by atoms with van der Waals surface area (Å²) in [4.78, 5) is 36.6. The number of nitrogens with zero attached hydrogens (tertiary/aromatic N) is 5. The van der Waals surface area contributed by atoms with E-state index in [1.54, 1.807) is 4.68 Å². The maximum atomic E-state index is 13.1. The predicted molar refractivity (Wildman–Crippen MR) is 130 cm³/mol. The van der Waals surface area contributed by atoms with Crippen molar-refractivity contribution in [1.82, 2.24) is 30.0 Å². The van der Waals surface area contributed by atoms with Crippen LogP contribution in [0, 0.1) is 34.6 Å². The van der Waals surface area contributed by atoms with E-state index in [1.165, 1.54) is 0 Å². The van der Waals surface area contributed by atoms with E-state index in [4.69, 9.17) is 0 Å². The number of aromatic nitrogens is 4. The molecule has 0 spiro atoms. The average Bonchev–Trinajstić information content (AvgIpc) is 3.07. The molecule has 8 nitrogen and oxygen atoms in total. The van der Waals surface area contributed by atoms with Gasteiger partial charge in [0.1, 0.15) is 0 Å². The van der Waals surface area contributed by atoms with Crippen molar-refractivity contribution in [2.75, 3.05) is 13.1 Å². The summed E-state index contributed by atoms with van der Waals surface area (Å²) in [6, 6.07) is 9.59. The molecular formula is C26H32N6O2. The second-order valence-corrected chi connectivity index (χ2v) is 9.13. The highest BCUT2D eigenvalue weighted by Gasteiger charge is 2.26. The SMILES string of the molecule is Cc1cc(C)nc(-n2nc(C)c(CC(=O)N3CCC(NC(=O)c4ccccc4C)CC3)c2C)n1. The maximum absolute atomic E-state index is 13.1. The lowest BCUT2D eigenvalue weighted by molar-refractivity contribution is -0.131. The highest BCUT2D eigenvalue weighted by molar-refractivity contribution is 5.95. The molecule has 1 aromatic carbocycles. The van der Waals surface area contributed by atoms with Crippen molar-refractivity contribution in [3.05, 3.63) is 69.8 Å². The molecule has 0 radical (unpaired) electrons. The molecular weight excluding hydrogens is 428 g/mol. The van der Waals surface area contributed by atoms with Gasteiger partial charge in [-0.2, -0.15) is 5.10 Å². The van der Waals surface area contributed by atoms with Crippen LogP contribution >= 0.6 is 0 Å². The number of carbonyl (C=O) groups excluding carboxylic acids is 2. The van der Waals surface area contributed by atoms with Crippen molar-refractivity contribution < 1.29 is 9.59 Å². The lowest BCUT2D eigenvalue weighted by Crippen LogP contribution is -2.47. The molecule has 4 rings (SSSR count). The average molecular weight is 461 g/mol. The second kappa shape index (κ2) is 9.75. The molecule has 1 N–H and O–H groups in total. The maximum Gasteiger partial charge on any atom is 0.251 e. The fraction of sp³-hybridized carbons (Fsp3) is 0.423. The van der Waals surface area contributed by atoms with Crippen LogP contribution in [0.2, 0.25) is 0 Å². The largest absolute Gasteiger partial charge is 0.349 e. The summed E-state index contributed by atoms with van der Waals surface area (Å²) in [5.41, 5.74) is 6.05. The first-order valence-electron chi connectivity index (χ1n) is 11.7. The van der Waals surface area contributed by atoms with Crippen molar-refractivity contribution in [3.8, 4) is 5.95 Å². The number of likely N-dealkylation sites (tertiary alicyclic amines) is 1. The molecule has 178 valence electrons. The van der Waals surface area contributed by atoms with Crippen LogP contribution in [0.4, 0.5) is 0 Å². The third kappa shape index (κ3) is 5.00. The summed E-state index contributed by atoms with van der Waals surface area (Å²) in [5.74, 6) is 0.563. The molecule has 0 unspecified atom stereocenters. The van der Waals surface area contributed by atoms with Crippen LogP contribution in [0.15, 0.2) is 30.3 Å². The quantitative estimate of drug-likeness (QED) is 0.631. The van der Waals surface area contributed by atoms with Crippen molar-refractivity contribution in [3.63, 3.8) is 0 Å². The molecule has 1 aliphatic rings. The van der Waals surface area contributed by atoms with Gasteiger partial charge in [0.2, 0.25) is 5.91 Å². The Hall–Kier alpha value is -3.55. The molecule has 34 heavy (non-hydrogen) atoms. The number of aryl methyl sites for hydroxylation is 4. The van der Waals surface area contributed by atoms with E-state index in [1.807, 2.05) is 69.9 Å². The van der Waals surface area contributed by atoms with E-state index in [-0.39, 0.29) is 17.9 Å². The van der Waals surface area contributed by atoms with E-state index < -0.39 is 0 Å². The van der Waals surface area contributed by atoms with E-state index in [0.29, 0.717) is 31.0 Å². The number of hydrogen-bond donors (Lipinski definition) is 1. The van der Waals surface area contributed by atoms with Crippen LogP contribution in [0.3, 0.4) is 0 Å². The molecule has 1 aliphatic heterocycles. The molecule has 2 aromatic heterocycles. The molecule has 3 heterocycles. The van der Waals surface area contributed by atoms with Gasteiger partial charge < -0.3 is 10.2 Å². The number of amides is 2. The van der Waals surface area contributed by atoms with Gasteiger partial charge in [0.25, 0.3) is 11.9 Å². The number of benzene rings is 1. The first-order chi connectivity index (χ1) is 16.2. The first kappa shape index (κ1) is 23.6. The minimum absolute atomic E-state index is 0.0462. The van der Waals surface area contributed by atoms with Crippen LogP contribution in [0.5, 0.6) is 0 Å². The van der Waals surface area contributed by atoms with Gasteiger partial charge in [-0.3, -0.25) is 9.59 Å². The molecule has 0 bridgehead atoms. The zero-order chi connectivity index (χ0) is 24.4. The highest BCUT2D eigenvalue weighted by Crippen LogP contribution is 2.20. The first-order valence-corrected chi connectivity index (χ1v) is 11.7. The third-order valence-electron chi connectivity index (χ3n) is 6.50. The van der Waals surface area contributed by atoms with Crippen LogP contribution in [-0.4, -0.2) is 55.6 Å². The lowest BCUT2D eigenvalue weighted by Gasteiger charge is -2.32. The standard InChI is InChI=1S/C26H32N6O2/c1-16-8-6-7-9-22(16)25(34)29-21-10-12-31(13-11-21)24(33)15-23-19(4)30-32(20(23)5)26-27-17(2)14-18(3)28-26/h6-9,14,21H,10-13,15H2,1-5H3,(H,29,34). The van der Waals surface area contributed by atoms with Gasteiger partial charge in [-0.25, -0.2) is 14.6 Å². The van der Waals surface area contributed by atoms with Gasteiger partial charge in [-0.05, 0) is 65.2 Å². The van der Waals surface area contributed by atoms with E-state index in [0.717, 1.165) is 46.7 Å². The van der Waals surface area contributed by atoms with Crippen molar-refractivity contribution in [2.45, 2.75) is 59.9 Å². The zero-order valence-electron chi connectivity index (χ0n) is 20.6. The Labute approximate surface area is 200 Å². The van der Waals surface area contributed by atoms with E-state index in [9.17, 15) is 9.59 Å². The molecule has 1 saturated heterocycles. The van der Waals surface area contributed by atoms with Crippen LogP contribution in [0.25, 0.3) is 5.95 Å². The highest BCUT2D eigenvalue weighted by atomic mass is 16.2. The van der Waals surface area contributed by atoms with Crippen molar-refractivity contribution in [2.24, 2.45) is 0 Å². The normalized spacial score (nSPS) is 14.3. The van der Waals surface area contributed by atoms with Crippen LogP contribution < -0.4 is 5.32 Å². The number of nitrogens with one attached hydrogen (secondary N) is 1. The zero-order valence-corrected chi connectivity index (χ0v) is 20.6. The Morgan fingerprint density at radius 1 is 1.00 bits per heavy atom. The summed E-state index contributed by atoms with van der Waals surface area (Å²) >= 11 is 0. The van der Waals surface area contributed by atoms with Crippen LogP contribution in [-0.2, 0) is 11.2 Å². The molecule has 0 aliphatic carbocycles. The van der Waals surface area contributed by atoms with Crippen molar-refractivity contribution in [1.29, 1.82) is 0 Å².